The Hall–Kier alpha value is -1.66. The van der Waals surface area contributed by atoms with E-state index in [-0.39, 0.29) is 12.0 Å². The lowest BCUT2D eigenvalue weighted by Gasteiger charge is -2.28. The molecule has 1 atom stereocenters. The number of morpholine rings is 1. The number of hydrogen-bond donors (Lipinski definition) is 1. The number of nitrogens with one attached hydrogen (secondary N) is 1. The van der Waals surface area contributed by atoms with E-state index in [2.05, 4.69) is 10.3 Å². The second-order valence-electron chi connectivity index (χ2n) is 4.46. The summed E-state index contributed by atoms with van der Waals surface area (Å²) in [6.07, 6.45) is 3.16. The van der Waals surface area contributed by atoms with Crippen LogP contribution in [0.3, 0.4) is 0 Å². The average molecular weight is 265 g/mol. The van der Waals surface area contributed by atoms with Crippen LogP contribution in [0.4, 0.5) is 0 Å². The quantitative estimate of drug-likeness (QED) is 0.839. The van der Waals surface area contributed by atoms with E-state index in [0.29, 0.717) is 24.5 Å². The van der Waals surface area contributed by atoms with Crippen molar-refractivity contribution in [3.05, 3.63) is 24.0 Å². The molecular formula is C13H19N3O3. The molecule has 1 N–H and O–H groups in total. The zero-order valence-corrected chi connectivity index (χ0v) is 11.3. The summed E-state index contributed by atoms with van der Waals surface area (Å²) in [6, 6.07) is 1.66. The van der Waals surface area contributed by atoms with Crippen LogP contribution in [0.1, 0.15) is 10.4 Å². The van der Waals surface area contributed by atoms with E-state index in [1.807, 2.05) is 0 Å². The molecule has 0 saturated carbocycles. The largest absolute Gasteiger partial charge is 0.494 e. The zero-order valence-electron chi connectivity index (χ0n) is 11.3. The Morgan fingerprint density at radius 2 is 2.53 bits per heavy atom. The van der Waals surface area contributed by atoms with Crippen molar-refractivity contribution in [3.8, 4) is 5.75 Å². The van der Waals surface area contributed by atoms with Gasteiger partial charge in [-0.2, -0.15) is 0 Å². The van der Waals surface area contributed by atoms with Crippen LogP contribution in [0.15, 0.2) is 18.5 Å². The van der Waals surface area contributed by atoms with Crippen LogP contribution in [0.5, 0.6) is 5.75 Å². The van der Waals surface area contributed by atoms with Crippen LogP contribution in [0, 0.1) is 0 Å². The fourth-order valence-electron chi connectivity index (χ4n) is 2.05. The fourth-order valence-corrected chi connectivity index (χ4v) is 2.05. The molecule has 0 aliphatic carbocycles. The molecule has 1 saturated heterocycles. The summed E-state index contributed by atoms with van der Waals surface area (Å²) in [5.74, 6) is 0.399. The third-order valence-electron chi connectivity index (χ3n) is 3.06. The van der Waals surface area contributed by atoms with Crippen molar-refractivity contribution in [1.29, 1.82) is 0 Å². The monoisotopic (exact) mass is 265 g/mol. The summed E-state index contributed by atoms with van der Waals surface area (Å²) in [5.41, 5.74) is 0.517. The van der Waals surface area contributed by atoms with Gasteiger partial charge in [0.25, 0.3) is 5.91 Å². The Labute approximate surface area is 112 Å². The van der Waals surface area contributed by atoms with Gasteiger partial charge in [-0.25, -0.2) is 0 Å². The van der Waals surface area contributed by atoms with Crippen LogP contribution in [-0.4, -0.2) is 62.3 Å². The van der Waals surface area contributed by atoms with Gasteiger partial charge < -0.3 is 19.7 Å². The highest BCUT2D eigenvalue weighted by atomic mass is 16.5. The summed E-state index contributed by atoms with van der Waals surface area (Å²) >= 11 is 0. The number of likely N-dealkylation sites (N-methyl/N-ethyl adjacent to an activating group) is 1. The van der Waals surface area contributed by atoms with E-state index in [0.717, 1.165) is 13.1 Å². The van der Waals surface area contributed by atoms with Gasteiger partial charge in [0.2, 0.25) is 0 Å². The number of rotatable bonds is 4. The van der Waals surface area contributed by atoms with Gasteiger partial charge in [0, 0.05) is 32.9 Å². The molecule has 2 rings (SSSR count). The fraction of sp³-hybridized carbons (Fsp3) is 0.538. The van der Waals surface area contributed by atoms with Gasteiger partial charge >= 0.3 is 0 Å². The maximum Gasteiger partial charge on any atom is 0.257 e. The highest BCUT2D eigenvalue weighted by molar-refractivity contribution is 5.96. The van der Waals surface area contributed by atoms with E-state index in [1.165, 1.54) is 7.11 Å². The molecule has 1 aliphatic heterocycles. The third kappa shape index (κ3) is 3.42. The van der Waals surface area contributed by atoms with Crippen molar-refractivity contribution in [2.24, 2.45) is 0 Å². The van der Waals surface area contributed by atoms with Crippen molar-refractivity contribution < 1.29 is 14.3 Å². The van der Waals surface area contributed by atoms with Crippen molar-refractivity contribution in [2.75, 3.05) is 40.4 Å². The standard InChI is InChI=1S/C13H19N3O3/c1-16(9-10-7-15-5-6-19-10)13(17)11-3-4-14-8-12(11)18-2/h3-4,8,10,15H,5-7,9H2,1-2H3. The number of ether oxygens (including phenoxy) is 2. The Kier molecular flexibility index (Phi) is 4.70. The third-order valence-corrected chi connectivity index (χ3v) is 3.06. The molecule has 1 amide bonds. The Balaban J connectivity index is 2.01. The number of hydrogen-bond acceptors (Lipinski definition) is 5. The highest BCUT2D eigenvalue weighted by Crippen LogP contribution is 2.17. The lowest BCUT2D eigenvalue weighted by atomic mass is 10.2. The summed E-state index contributed by atoms with van der Waals surface area (Å²) in [6.45, 7) is 2.88. The number of carbonyl (C=O) groups is 1. The minimum absolute atomic E-state index is 0.0375. The molecule has 0 radical (unpaired) electrons. The molecule has 1 aromatic rings. The molecule has 6 heteroatoms. The molecule has 0 aromatic carbocycles. The van der Waals surface area contributed by atoms with E-state index < -0.39 is 0 Å². The van der Waals surface area contributed by atoms with E-state index >= 15 is 0 Å². The number of pyridine rings is 1. The minimum atomic E-state index is -0.0894. The SMILES string of the molecule is COc1cnccc1C(=O)N(C)CC1CNCCO1. The maximum absolute atomic E-state index is 12.3. The molecule has 0 bridgehead atoms. The van der Waals surface area contributed by atoms with Crippen molar-refractivity contribution in [1.82, 2.24) is 15.2 Å². The molecule has 104 valence electrons. The number of nitrogens with zero attached hydrogens (tertiary/aromatic N) is 2. The predicted molar refractivity (Wildman–Crippen MR) is 70.4 cm³/mol. The van der Waals surface area contributed by atoms with Crippen LogP contribution in [-0.2, 0) is 4.74 Å². The van der Waals surface area contributed by atoms with Gasteiger partial charge in [0.05, 0.1) is 31.6 Å². The predicted octanol–water partition coefficient (Wildman–Crippen LogP) is 0.151. The average Bonchev–Trinajstić information content (AvgIpc) is 2.47. The summed E-state index contributed by atoms with van der Waals surface area (Å²) in [4.78, 5) is 17.9. The van der Waals surface area contributed by atoms with Crippen molar-refractivity contribution in [2.45, 2.75) is 6.10 Å². The number of carbonyl (C=O) groups excluding carboxylic acids is 1. The summed E-state index contributed by atoms with van der Waals surface area (Å²) in [7, 11) is 3.29. The van der Waals surface area contributed by atoms with Crippen LogP contribution in [0.2, 0.25) is 0 Å². The number of methoxy groups -OCH3 is 1. The van der Waals surface area contributed by atoms with Crippen molar-refractivity contribution >= 4 is 5.91 Å². The summed E-state index contributed by atoms with van der Waals surface area (Å²) < 4.78 is 10.7. The van der Waals surface area contributed by atoms with Gasteiger partial charge in [0.15, 0.2) is 0 Å². The van der Waals surface area contributed by atoms with Crippen LogP contribution < -0.4 is 10.1 Å². The van der Waals surface area contributed by atoms with E-state index in [1.54, 1.807) is 30.4 Å². The molecule has 1 aromatic heterocycles. The van der Waals surface area contributed by atoms with Gasteiger partial charge in [-0.1, -0.05) is 0 Å². The highest BCUT2D eigenvalue weighted by Gasteiger charge is 2.21. The van der Waals surface area contributed by atoms with Gasteiger partial charge in [-0.3, -0.25) is 9.78 Å². The van der Waals surface area contributed by atoms with Gasteiger partial charge in [0.1, 0.15) is 5.75 Å². The maximum atomic E-state index is 12.3. The van der Waals surface area contributed by atoms with Gasteiger partial charge in [-0.05, 0) is 6.07 Å². The molecule has 6 nitrogen and oxygen atoms in total. The zero-order chi connectivity index (χ0) is 13.7. The first-order valence-electron chi connectivity index (χ1n) is 6.28. The lowest BCUT2D eigenvalue weighted by Crippen LogP contribution is -2.45. The summed E-state index contributed by atoms with van der Waals surface area (Å²) in [5, 5.41) is 3.24. The van der Waals surface area contributed by atoms with Crippen molar-refractivity contribution in [3.63, 3.8) is 0 Å². The first-order chi connectivity index (χ1) is 9.22. The normalized spacial score (nSPS) is 18.9. The van der Waals surface area contributed by atoms with E-state index in [4.69, 9.17) is 9.47 Å². The second kappa shape index (κ2) is 6.49. The first-order valence-corrected chi connectivity index (χ1v) is 6.28. The lowest BCUT2D eigenvalue weighted by molar-refractivity contribution is 0.0103. The van der Waals surface area contributed by atoms with Gasteiger partial charge in [-0.15, -0.1) is 0 Å². The smallest absolute Gasteiger partial charge is 0.257 e. The van der Waals surface area contributed by atoms with Crippen LogP contribution >= 0.6 is 0 Å². The Bertz CT molecular complexity index is 433. The molecule has 1 aliphatic rings. The Morgan fingerprint density at radius 3 is 3.21 bits per heavy atom. The second-order valence-corrected chi connectivity index (χ2v) is 4.46. The molecular weight excluding hydrogens is 246 g/mol. The first kappa shape index (κ1) is 13.8. The van der Waals surface area contributed by atoms with Crippen LogP contribution in [0.25, 0.3) is 0 Å². The van der Waals surface area contributed by atoms with E-state index in [9.17, 15) is 4.79 Å². The molecule has 2 heterocycles. The topological polar surface area (TPSA) is 63.7 Å². The molecule has 19 heavy (non-hydrogen) atoms. The number of amides is 1. The number of aromatic nitrogens is 1. The minimum Gasteiger partial charge on any atom is -0.494 e. The molecule has 1 fully saturated rings. The molecule has 0 spiro atoms. The Morgan fingerprint density at radius 1 is 1.68 bits per heavy atom. The molecule has 1 unspecified atom stereocenters.